The molecule has 0 fully saturated rings. The Labute approximate surface area is 102 Å². The van der Waals surface area contributed by atoms with Crippen LogP contribution in [0.5, 0.6) is 0 Å². The van der Waals surface area contributed by atoms with E-state index in [0.29, 0.717) is 13.2 Å². The number of hydrogen-bond acceptors (Lipinski definition) is 5. The number of nitrogens with zero attached hydrogens (tertiary/aromatic N) is 2. The average Bonchev–Trinajstić information content (AvgIpc) is 2.59. The van der Waals surface area contributed by atoms with Crippen LogP contribution in [0.15, 0.2) is 12.4 Å². The lowest BCUT2D eigenvalue weighted by Gasteiger charge is -2.11. The number of rotatable bonds is 7. The molecule has 1 rings (SSSR count). The standard InChI is InChI=1S/C10H19N3O3S/c1-9(8-17(3,14)15)12-10-6-11-13(7-10)4-5-16-2/h6-7,9,12H,4-5,8H2,1-3H3. The van der Waals surface area contributed by atoms with Crippen molar-refractivity contribution in [3.8, 4) is 0 Å². The normalized spacial score (nSPS) is 13.6. The van der Waals surface area contributed by atoms with E-state index in [9.17, 15) is 8.42 Å². The highest BCUT2D eigenvalue weighted by Gasteiger charge is 2.10. The second-order valence-corrected chi connectivity index (χ2v) is 6.31. The van der Waals surface area contributed by atoms with E-state index in [2.05, 4.69) is 10.4 Å². The molecular formula is C10H19N3O3S. The highest BCUT2D eigenvalue weighted by atomic mass is 32.2. The van der Waals surface area contributed by atoms with Gasteiger partial charge in [0.05, 0.1) is 30.8 Å². The van der Waals surface area contributed by atoms with E-state index in [1.54, 1.807) is 18.0 Å². The highest BCUT2D eigenvalue weighted by molar-refractivity contribution is 7.90. The maximum Gasteiger partial charge on any atom is 0.149 e. The van der Waals surface area contributed by atoms with Crippen LogP contribution in [0.4, 0.5) is 5.69 Å². The lowest BCUT2D eigenvalue weighted by atomic mass is 10.4. The summed E-state index contributed by atoms with van der Waals surface area (Å²) >= 11 is 0. The molecule has 6 nitrogen and oxygen atoms in total. The molecule has 0 saturated carbocycles. The molecule has 0 aliphatic carbocycles. The smallest absolute Gasteiger partial charge is 0.149 e. The van der Waals surface area contributed by atoms with Crippen LogP contribution in [0.2, 0.25) is 0 Å². The third-order valence-corrected chi connectivity index (χ3v) is 3.23. The number of nitrogens with one attached hydrogen (secondary N) is 1. The molecule has 1 heterocycles. The fraction of sp³-hybridized carbons (Fsp3) is 0.700. The molecule has 0 saturated heterocycles. The lowest BCUT2D eigenvalue weighted by Crippen LogP contribution is -2.24. The van der Waals surface area contributed by atoms with Crippen molar-refractivity contribution in [1.82, 2.24) is 9.78 Å². The van der Waals surface area contributed by atoms with E-state index in [1.165, 1.54) is 6.26 Å². The zero-order chi connectivity index (χ0) is 12.9. The molecule has 1 unspecified atom stereocenters. The largest absolute Gasteiger partial charge is 0.383 e. The molecule has 7 heteroatoms. The number of sulfone groups is 1. The first-order valence-electron chi connectivity index (χ1n) is 5.36. The van der Waals surface area contributed by atoms with E-state index < -0.39 is 9.84 Å². The molecule has 0 aromatic carbocycles. The van der Waals surface area contributed by atoms with Gasteiger partial charge in [0.15, 0.2) is 0 Å². The van der Waals surface area contributed by atoms with Crippen molar-refractivity contribution in [2.75, 3.05) is 31.0 Å². The molecule has 1 atom stereocenters. The van der Waals surface area contributed by atoms with Crippen LogP contribution in [0, 0.1) is 0 Å². The Bertz CT molecular complexity index is 441. The van der Waals surface area contributed by atoms with Gasteiger partial charge in [-0.2, -0.15) is 5.10 Å². The van der Waals surface area contributed by atoms with Gasteiger partial charge in [-0.1, -0.05) is 0 Å². The summed E-state index contributed by atoms with van der Waals surface area (Å²) in [5, 5.41) is 7.22. The topological polar surface area (TPSA) is 73.2 Å². The van der Waals surface area contributed by atoms with Crippen LogP contribution in [-0.4, -0.2) is 50.0 Å². The monoisotopic (exact) mass is 261 g/mol. The number of ether oxygens (including phenoxy) is 1. The van der Waals surface area contributed by atoms with Crippen LogP contribution < -0.4 is 5.32 Å². The second-order valence-electron chi connectivity index (χ2n) is 4.12. The van der Waals surface area contributed by atoms with Gasteiger partial charge in [-0.05, 0) is 6.92 Å². The minimum Gasteiger partial charge on any atom is -0.383 e. The Balaban J connectivity index is 2.48. The van der Waals surface area contributed by atoms with Gasteiger partial charge in [-0.3, -0.25) is 4.68 Å². The summed E-state index contributed by atoms with van der Waals surface area (Å²) in [5.74, 6) is 0.107. The van der Waals surface area contributed by atoms with Crippen LogP contribution in [0.3, 0.4) is 0 Å². The van der Waals surface area contributed by atoms with Crippen molar-refractivity contribution in [3.05, 3.63) is 12.4 Å². The minimum atomic E-state index is -2.96. The number of methoxy groups -OCH3 is 1. The summed E-state index contributed by atoms with van der Waals surface area (Å²) < 4.78 is 28.9. The van der Waals surface area contributed by atoms with Crippen LogP contribution in [0.25, 0.3) is 0 Å². The van der Waals surface area contributed by atoms with Gasteiger partial charge in [0, 0.05) is 25.6 Å². The minimum absolute atomic E-state index is 0.107. The Morgan fingerprint density at radius 3 is 2.88 bits per heavy atom. The summed E-state index contributed by atoms with van der Waals surface area (Å²) in [6, 6.07) is -0.134. The first-order chi connectivity index (χ1) is 7.90. The van der Waals surface area contributed by atoms with Crippen LogP contribution in [-0.2, 0) is 21.1 Å². The molecule has 1 N–H and O–H groups in total. The van der Waals surface area contributed by atoms with Crippen molar-refractivity contribution in [3.63, 3.8) is 0 Å². The average molecular weight is 261 g/mol. The lowest BCUT2D eigenvalue weighted by molar-refractivity contribution is 0.183. The van der Waals surface area contributed by atoms with E-state index in [4.69, 9.17) is 4.74 Å². The van der Waals surface area contributed by atoms with E-state index in [0.717, 1.165) is 5.69 Å². The number of anilines is 1. The van der Waals surface area contributed by atoms with Gasteiger partial charge >= 0.3 is 0 Å². The third-order valence-electron chi connectivity index (χ3n) is 2.12. The molecule has 0 amide bonds. The summed E-state index contributed by atoms with van der Waals surface area (Å²) in [5.41, 5.74) is 0.817. The second kappa shape index (κ2) is 6.02. The quantitative estimate of drug-likeness (QED) is 0.768. The predicted molar refractivity (Wildman–Crippen MR) is 66.9 cm³/mol. The van der Waals surface area contributed by atoms with Crippen molar-refractivity contribution in [2.24, 2.45) is 0 Å². The summed E-state index contributed by atoms with van der Waals surface area (Å²) in [7, 11) is -1.32. The van der Waals surface area contributed by atoms with Crippen molar-refractivity contribution < 1.29 is 13.2 Å². The zero-order valence-electron chi connectivity index (χ0n) is 10.4. The van der Waals surface area contributed by atoms with Gasteiger partial charge in [-0.15, -0.1) is 0 Å². The molecule has 0 aliphatic heterocycles. The van der Waals surface area contributed by atoms with Crippen LogP contribution in [0.1, 0.15) is 6.92 Å². The maximum atomic E-state index is 11.1. The molecule has 0 aliphatic rings. The van der Waals surface area contributed by atoms with Crippen LogP contribution >= 0.6 is 0 Å². The Hall–Kier alpha value is -1.08. The van der Waals surface area contributed by atoms with Gasteiger partial charge in [-0.25, -0.2) is 8.42 Å². The molecule has 0 spiro atoms. The predicted octanol–water partition coefficient (Wildman–Crippen LogP) is 0.375. The third kappa shape index (κ3) is 5.69. The first kappa shape index (κ1) is 14.0. The zero-order valence-corrected chi connectivity index (χ0v) is 11.2. The van der Waals surface area contributed by atoms with Gasteiger partial charge in [0.1, 0.15) is 9.84 Å². The Morgan fingerprint density at radius 1 is 1.59 bits per heavy atom. The van der Waals surface area contributed by atoms with Crippen molar-refractivity contribution in [1.29, 1.82) is 0 Å². The van der Waals surface area contributed by atoms with Crippen molar-refractivity contribution >= 4 is 15.5 Å². The number of aromatic nitrogens is 2. The first-order valence-corrected chi connectivity index (χ1v) is 7.42. The molecular weight excluding hydrogens is 242 g/mol. The molecule has 0 radical (unpaired) electrons. The van der Waals surface area contributed by atoms with Gasteiger partial charge in [0.25, 0.3) is 0 Å². The summed E-state index contributed by atoms with van der Waals surface area (Å²) in [4.78, 5) is 0. The summed E-state index contributed by atoms with van der Waals surface area (Å²) in [6.45, 7) is 3.10. The fourth-order valence-electron chi connectivity index (χ4n) is 1.53. The van der Waals surface area contributed by atoms with E-state index >= 15 is 0 Å². The fourth-order valence-corrected chi connectivity index (χ4v) is 2.52. The number of hydrogen-bond donors (Lipinski definition) is 1. The highest BCUT2D eigenvalue weighted by Crippen LogP contribution is 2.07. The van der Waals surface area contributed by atoms with Gasteiger partial charge in [0.2, 0.25) is 0 Å². The SMILES string of the molecule is COCCn1cc(NC(C)CS(C)(=O)=O)cn1. The van der Waals surface area contributed by atoms with E-state index in [1.807, 2.05) is 13.1 Å². The summed E-state index contributed by atoms with van der Waals surface area (Å²) in [6.07, 6.45) is 4.74. The molecule has 17 heavy (non-hydrogen) atoms. The molecule has 0 bridgehead atoms. The molecule has 98 valence electrons. The Morgan fingerprint density at radius 2 is 2.29 bits per heavy atom. The maximum absolute atomic E-state index is 11.1. The molecule has 1 aromatic rings. The van der Waals surface area contributed by atoms with Crippen molar-refractivity contribution in [2.45, 2.75) is 19.5 Å². The Kier molecular flexibility index (Phi) is 4.95. The molecule has 1 aromatic heterocycles. The van der Waals surface area contributed by atoms with E-state index in [-0.39, 0.29) is 11.8 Å². The van der Waals surface area contributed by atoms with Gasteiger partial charge < -0.3 is 10.1 Å².